The largest absolute Gasteiger partial charge is 0.317 e. The third-order valence-electron chi connectivity index (χ3n) is 28.6. The molecule has 24 rings (SSSR count). The number of para-hydroxylation sites is 3. The quantitative estimate of drug-likeness (QED) is 0.0293. The van der Waals surface area contributed by atoms with Crippen LogP contribution in [0.3, 0.4) is 0 Å². The first-order valence-electron chi connectivity index (χ1n) is 49.8. The summed E-state index contributed by atoms with van der Waals surface area (Å²) in [5.74, 6) is -1.57. The van der Waals surface area contributed by atoms with Crippen molar-refractivity contribution < 1.29 is 17.6 Å². The van der Waals surface area contributed by atoms with Crippen molar-refractivity contribution in [3.63, 3.8) is 0 Å². The minimum absolute atomic E-state index is 0.295. The average molecular weight is 1950 g/mol. The molecule has 0 atom stereocenters. The van der Waals surface area contributed by atoms with Crippen molar-refractivity contribution in [1.29, 1.82) is 5.26 Å². The van der Waals surface area contributed by atoms with Gasteiger partial charge in [-0.25, -0.2) is 22.4 Å². The van der Waals surface area contributed by atoms with Crippen molar-refractivity contribution in [2.45, 2.75) is 39.3 Å². The highest BCUT2D eigenvalue weighted by atomic mass is 28.3. The maximum absolute atomic E-state index is 18.0. The molecule has 24 aromatic carbocycles. The van der Waals surface area contributed by atoms with Crippen molar-refractivity contribution in [3.8, 4) is 95.1 Å². The van der Waals surface area contributed by atoms with Crippen molar-refractivity contribution in [1.82, 2.24) is 0 Å². The SMILES string of the molecule is C[Si](C)(C)c1ccc(N(c2c(F)cc(-c3ccccc3)cc2-c2ccccc2)c2ccc3ccc4c(N(c5ccc([Si](C)(C)C)cc5)c5c(F)cc(-c6ccccc6)cc5-c5ccccc5)ccc5ccc2c3c54)cc1.[C-]#[N+]c1ccccc1N(c1c(F)cc(-c2ccccc2)cc1-c1ccccc1)c1ccc2ccc3c(N(c4ccccc4C#N)c4c(F)cc(-c5ccccc5)cc4-c4ccccc4)ccc4ccc1c2c43. The van der Waals surface area contributed by atoms with E-state index in [0.29, 0.717) is 67.9 Å². The predicted octanol–water partition coefficient (Wildman–Crippen LogP) is 38.5. The van der Waals surface area contributed by atoms with Gasteiger partial charge in [-0.05, 0) is 225 Å². The lowest BCUT2D eigenvalue weighted by Crippen LogP contribution is -2.37. The lowest BCUT2D eigenvalue weighted by molar-refractivity contribution is 0.629. The summed E-state index contributed by atoms with van der Waals surface area (Å²) >= 11 is 0. The molecule has 0 spiro atoms. The molecule has 0 aliphatic rings. The molecule has 0 heterocycles. The minimum Gasteiger partial charge on any atom is -0.317 e. The van der Waals surface area contributed by atoms with Gasteiger partial charge in [-0.15, -0.1) is 0 Å². The van der Waals surface area contributed by atoms with Crippen molar-refractivity contribution >= 4 is 165 Å². The van der Waals surface area contributed by atoms with Gasteiger partial charge in [0.1, 0.15) is 29.3 Å². The van der Waals surface area contributed by atoms with Crippen molar-refractivity contribution in [2.75, 3.05) is 19.6 Å². The Bertz CT molecular complexity index is 8690. The van der Waals surface area contributed by atoms with Crippen molar-refractivity contribution in [3.05, 3.63) is 526 Å². The average Bonchev–Trinajstić information content (AvgIpc) is 0.713. The third-order valence-corrected chi connectivity index (χ3v) is 32.7. The third kappa shape index (κ3) is 17.4. The number of nitriles is 1. The molecule has 0 saturated heterocycles. The number of halogens is 4. The Morgan fingerprint density at radius 2 is 0.453 bits per heavy atom. The first-order valence-corrected chi connectivity index (χ1v) is 56.8. The van der Waals surface area contributed by atoms with E-state index in [1.807, 2.05) is 301 Å². The highest BCUT2D eigenvalue weighted by molar-refractivity contribution is 6.89. The second-order valence-corrected chi connectivity index (χ2v) is 49.8. The number of nitrogens with zero attached hydrogens (tertiary/aromatic N) is 6. The van der Waals surface area contributed by atoms with E-state index in [9.17, 15) is 5.26 Å². The number of hydrogen-bond acceptors (Lipinski definition) is 5. The Morgan fingerprint density at radius 3 is 0.723 bits per heavy atom. The molecular formula is C136H98F4N6Si2. The van der Waals surface area contributed by atoms with Gasteiger partial charge in [0.05, 0.1) is 85.2 Å². The summed E-state index contributed by atoms with van der Waals surface area (Å²) in [7, 11) is -3.39. The molecule has 6 nitrogen and oxygen atoms in total. The van der Waals surface area contributed by atoms with Crippen LogP contribution in [0.15, 0.2) is 485 Å². The minimum atomic E-state index is -1.70. The van der Waals surface area contributed by atoms with Crippen LogP contribution in [0.5, 0.6) is 0 Å². The van der Waals surface area contributed by atoms with Crippen LogP contribution in [0.2, 0.25) is 39.3 Å². The Morgan fingerprint density at radius 1 is 0.223 bits per heavy atom. The smallest absolute Gasteiger partial charge is 0.210 e. The van der Waals surface area contributed by atoms with Crippen LogP contribution in [0.25, 0.3) is 158 Å². The zero-order valence-electron chi connectivity index (χ0n) is 82.4. The molecule has 0 fully saturated rings. The van der Waals surface area contributed by atoms with Crippen LogP contribution in [0.4, 0.5) is 91.5 Å². The van der Waals surface area contributed by atoms with Gasteiger partial charge < -0.3 is 19.6 Å². The van der Waals surface area contributed by atoms with E-state index >= 15 is 17.6 Å². The number of rotatable bonds is 22. The Hall–Kier alpha value is -18.3. The Labute approximate surface area is 861 Å². The van der Waals surface area contributed by atoms with Crippen LogP contribution in [-0.2, 0) is 0 Å². The van der Waals surface area contributed by atoms with E-state index in [4.69, 9.17) is 6.57 Å². The fourth-order valence-electron chi connectivity index (χ4n) is 21.4. The molecule has 12 heteroatoms. The highest BCUT2D eigenvalue weighted by Gasteiger charge is 2.35. The van der Waals surface area contributed by atoms with Gasteiger partial charge in [0.15, 0.2) is 0 Å². The molecule has 0 radical (unpaired) electrons. The van der Waals surface area contributed by atoms with Crippen LogP contribution in [0, 0.1) is 41.2 Å². The standard InChI is InChI=1S/C70H58F2N2Si2.C66H40F2N4/c1-75(2,3)57-35-31-55(32-36-57)73(69-61(49-23-15-9-16-24-49)43-53(45-63(69)71)47-19-11-7-12-20-47)65-41-29-51-28-40-60-66(42-30-52-27-39-59(65)67(51)68(52)60)74(56-33-37-58(38-34-56)76(4,5)6)70-62(50-25-17-10-18-26-50)44-54(46-64(70)72)48-21-13-8-14-22-48;1-70-58-27-15-17-29-62(58)72(66-55(46-24-12-5-13-25-46)39-51(41-57(66)68)44-20-8-3-9-21-44)61-37-33-48-30-34-52-60(36-32-47-31-35-53(61)64(48)63(47)52)71(59-28-16-14-26-49(59)42-69)65-54(45-22-10-4-11-23-45)38-50(40-56(65)67)43-18-6-2-7-19-43/h7-46H,1-6H3;2-41H. The van der Waals surface area contributed by atoms with E-state index in [1.54, 1.807) is 36.4 Å². The zero-order valence-corrected chi connectivity index (χ0v) is 84.4. The van der Waals surface area contributed by atoms with Crippen LogP contribution < -0.4 is 30.0 Å². The lowest BCUT2D eigenvalue weighted by atomic mass is 9.90. The molecule has 0 unspecified atom stereocenters. The van der Waals surface area contributed by atoms with E-state index in [2.05, 4.69) is 218 Å². The predicted molar refractivity (Wildman–Crippen MR) is 619 cm³/mol. The molecule has 0 N–H and O–H groups in total. The fourth-order valence-corrected chi connectivity index (χ4v) is 23.7. The molecule has 0 saturated carbocycles. The second kappa shape index (κ2) is 39.1. The molecule has 0 bridgehead atoms. The van der Waals surface area contributed by atoms with Crippen LogP contribution >= 0.6 is 0 Å². The molecule has 148 heavy (non-hydrogen) atoms. The van der Waals surface area contributed by atoms with Crippen LogP contribution in [0.1, 0.15) is 5.56 Å². The molecule has 708 valence electrons. The van der Waals surface area contributed by atoms with Gasteiger partial charge in [-0.3, -0.25) is 0 Å². The molecular weight excluding hydrogens is 1850 g/mol. The molecule has 0 amide bonds. The number of benzene rings is 24. The first kappa shape index (κ1) is 93.3. The second-order valence-electron chi connectivity index (χ2n) is 39.7. The van der Waals surface area contributed by atoms with Gasteiger partial charge in [-0.2, -0.15) is 5.26 Å². The van der Waals surface area contributed by atoms with Crippen LogP contribution in [-0.4, -0.2) is 16.1 Å². The maximum Gasteiger partial charge on any atom is 0.210 e. The molecule has 24 aromatic rings. The Balaban J connectivity index is 0.000000163. The van der Waals surface area contributed by atoms with Crippen molar-refractivity contribution in [2.24, 2.45) is 0 Å². The van der Waals surface area contributed by atoms with Gasteiger partial charge in [-0.1, -0.05) is 420 Å². The summed E-state index contributed by atoms with van der Waals surface area (Å²) in [6, 6.07) is 163. The van der Waals surface area contributed by atoms with E-state index in [0.717, 1.165) is 165 Å². The summed E-state index contributed by atoms with van der Waals surface area (Å²) in [5.41, 5.74) is 21.1. The summed E-state index contributed by atoms with van der Waals surface area (Å²) < 4.78 is 71.5. The summed E-state index contributed by atoms with van der Waals surface area (Å²) in [4.78, 5) is 12.1. The van der Waals surface area contributed by atoms with Gasteiger partial charge in [0.2, 0.25) is 5.69 Å². The zero-order chi connectivity index (χ0) is 101. The van der Waals surface area contributed by atoms with E-state index in [-0.39, 0.29) is 11.6 Å². The first-order chi connectivity index (χ1) is 72.3. The molecule has 0 aromatic heterocycles. The Kier molecular flexibility index (Phi) is 24.7. The summed E-state index contributed by atoms with van der Waals surface area (Å²) in [6.07, 6.45) is 0. The normalized spacial score (nSPS) is 11.6. The lowest BCUT2D eigenvalue weighted by Gasteiger charge is -2.32. The highest BCUT2D eigenvalue weighted by Crippen LogP contribution is 2.57. The van der Waals surface area contributed by atoms with Gasteiger partial charge in [0, 0.05) is 55.2 Å². The van der Waals surface area contributed by atoms with Gasteiger partial charge >= 0.3 is 0 Å². The number of anilines is 12. The van der Waals surface area contributed by atoms with E-state index in [1.165, 1.54) is 10.4 Å². The molecule has 0 aliphatic heterocycles. The van der Waals surface area contributed by atoms with E-state index < -0.39 is 27.8 Å². The topological polar surface area (TPSA) is 41.1 Å². The number of hydrogen-bond donors (Lipinski definition) is 0. The summed E-state index contributed by atoms with van der Waals surface area (Å²) in [6.45, 7) is 22.5. The molecule has 0 aliphatic carbocycles. The monoisotopic (exact) mass is 1950 g/mol. The summed E-state index contributed by atoms with van der Waals surface area (Å²) in [5, 5.41) is 24.9. The van der Waals surface area contributed by atoms with Gasteiger partial charge in [0.25, 0.3) is 0 Å². The fraction of sp³-hybridized carbons (Fsp3) is 0.0441. The maximum atomic E-state index is 18.0.